The summed E-state index contributed by atoms with van der Waals surface area (Å²) in [5.41, 5.74) is 0.519. The Bertz CT molecular complexity index is 786. The summed E-state index contributed by atoms with van der Waals surface area (Å²) in [6.45, 7) is 1.91. The highest BCUT2D eigenvalue weighted by molar-refractivity contribution is 9.10. The first-order valence-electron chi connectivity index (χ1n) is 6.35. The van der Waals surface area contributed by atoms with Crippen LogP contribution >= 0.6 is 27.7 Å². The fraction of sp³-hybridized carbons (Fsp3) is 0.250. The molecule has 0 saturated heterocycles. The van der Waals surface area contributed by atoms with Crippen LogP contribution in [-0.2, 0) is 10.0 Å². The van der Waals surface area contributed by atoms with Crippen LogP contribution in [0.15, 0.2) is 39.1 Å². The molecule has 0 aliphatic carbocycles. The van der Waals surface area contributed by atoms with E-state index in [1.54, 1.807) is 6.20 Å². The third-order valence-corrected chi connectivity index (χ3v) is 5.32. The molecular weight excluding hydrogens is 406 g/mol. The molecule has 124 valence electrons. The molecule has 2 aromatic rings. The molecule has 1 unspecified atom stereocenters. The topological polar surface area (TPSA) is 131 Å². The number of hydrogen-bond acceptors (Lipinski definition) is 8. The molecular formula is C12H14BrN5O3S2. The lowest BCUT2D eigenvalue weighted by molar-refractivity contribution is 0.300. The molecule has 23 heavy (non-hydrogen) atoms. The van der Waals surface area contributed by atoms with Gasteiger partial charge in [0, 0.05) is 11.4 Å². The highest BCUT2D eigenvalue weighted by Crippen LogP contribution is 2.29. The van der Waals surface area contributed by atoms with Crippen molar-refractivity contribution in [3.05, 3.63) is 29.0 Å². The summed E-state index contributed by atoms with van der Waals surface area (Å²) in [5.74, 6) is 0.325. The molecule has 0 radical (unpaired) electrons. The van der Waals surface area contributed by atoms with E-state index in [-0.39, 0.29) is 16.9 Å². The third-order valence-electron chi connectivity index (χ3n) is 2.57. The molecule has 2 aromatic heterocycles. The Labute approximate surface area is 146 Å². The molecule has 4 N–H and O–H groups in total. The average molecular weight is 420 g/mol. The van der Waals surface area contributed by atoms with Crippen molar-refractivity contribution in [2.75, 3.05) is 11.9 Å². The second kappa shape index (κ2) is 7.53. The Morgan fingerprint density at radius 2 is 2.13 bits per heavy atom. The number of pyridine rings is 1. The monoisotopic (exact) mass is 419 g/mol. The van der Waals surface area contributed by atoms with Crippen molar-refractivity contribution >= 4 is 49.4 Å². The van der Waals surface area contributed by atoms with Gasteiger partial charge in [-0.1, -0.05) is 18.7 Å². The number of thioether (sulfide) groups is 1. The van der Waals surface area contributed by atoms with E-state index in [4.69, 9.17) is 10.2 Å². The molecule has 0 saturated carbocycles. The first-order valence-corrected chi connectivity index (χ1v) is 9.57. The van der Waals surface area contributed by atoms with Gasteiger partial charge in [0.2, 0.25) is 5.95 Å². The van der Waals surface area contributed by atoms with Gasteiger partial charge >= 0.3 is 0 Å². The molecule has 0 fully saturated rings. The van der Waals surface area contributed by atoms with Crippen LogP contribution in [0.3, 0.4) is 0 Å². The van der Waals surface area contributed by atoms with Gasteiger partial charge in [0.15, 0.2) is 5.03 Å². The zero-order chi connectivity index (χ0) is 17.0. The van der Waals surface area contributed by atoms with Crippen LogP contribution in [0.5, 0.6) is 0 Å². The van der Waals surface area contributed by atoms with Crippen LogP contribution in [0.25, 0.3) is 0 Å². The van der Waals surface area contributed by atoms with Crippen LogP contribution in [0.1, 0.15) is 6.92 Å². The number of anilines is 2. The minimum atomic E-state index is -3.82. The minimum absolute atomic E-state index is 0.00948. The minimum Gasteiger partial charge on any atom is -0.395 e. The van der Waals surface area contributed by atoms with Gasteiger partial charge in [-0.15, -0.1) is 0 Å². The summed E-state index contributed by atoms with van der Waals surface area (Å²) in [4.78, 5) is 12.2. The van der Waals surface area contributed by atoms with Crippen molar-refractivity contribution in [2.24, 2.45) is 5.14 Å². The number of rotatable bonds is 6. The van der Waals surface area contributed by atoms with Gasteiger partial charge in [-0.3, -0.25) is 0 Å². The predicted molar refractivity (Wildman–Crippen MR) is 91.0 cm³/mol. The summed E-state index contributed by atoms with van der Waals surface area (Å²) in [7, 11) is -3.82. The molecule has 0 aliphatic heterocycles. The summed E-state index contributed by atoms with van der Waals surface area (Å²) < 4.78 is 23.0. The van der Waals surface area contributed by atoms with Crippen molar-refractivity contribution < 1.29 is 13.5 Å². The number of aliphatic hydroxyl groups is 1. The molecule has 11 heteroatoms. The van der Waals surface area contributed by atoms with E-state index in [1.807, 2.05) is 6.92 Å². The summed E-state index contributed by atoms with van der Waals surface area (Å²) in [6.07, 6.45) is 2.92. The van der Waals surface area contributed by atoms with E-state index in [0.29, 0.717) is 16.7 Å². The van der Waals surface area contributed by atoms with Gasteiger partial charge in [-0.25, -0.2) is 28.5 Å². The fourth-order valence-corrected chi connectivity index (χ4v) is 3.16. The lowest BCUT2D eigenvalue weighted by atomic mass is 10.4. The number of halogens is 1. The van der Waals surface area contributed by atoms with Gasteiger partial charge in [-0.05, 0) is 28.1 Å². The fourth-order valence-electron chi connectivity index (χ4n) is 1.47. The summed E-state index contributed by atoms with van der Waals surface area (Å²) >= 11 is 4.76. The van der Waals surface area contributed by atoms with Gasteiger partial charge in [0.1, 0.15) is 5.03 Å². The van der Waals surface area contributed by atoms with Gasteiger partial charge < -0.3 is 10.4 Å². The summed E-state index contributed by atoms with van der Waals surface area (Å²) in [5, 5.41) is 17.5. The maximum atomic E-state index is 11.2. The zero-order valence-electron chi connectivity index (χ0n) is 12.0. The number of primary sulfonamides is 1. The van der Waals surface area contributed by atoms with E-state index in [2.05, 4.69) is 36.2 Å². The number of sulfonamides is 1. The third kappa shape index (κ3) is 5.11. The Morgan fingerprint density at radius 3 is 2.70 bits per heavy atom. The Balaban J connectivity index is 2.18. The molecule has 2 heterocycles. The van der Waals surface area contributed by atoms with Gasteiger partial charge in [0.25, 0.3) is 10.0 Å². The number of nitrogens with two attached hydrogens (primary N) is 1. The van der Waals surface area contributed by atoms with Crippen LogP contribution < -0.4 is 10.5 Å². The van der Waals surface area contributed by atoms with Crippen LogP contribution in [0.2, 0.25) is 0 Å². The second-order valence-corrected chi connectivity index (χ2v) is 8.30. The number of nitrogens with zero attached hydrogens (tertiary/aromatic N) is 3. The van der Waals surface area contributed by atoms with Crippen LogP contribution in [-0.4, -0.2) is 40.3 Å². The van der Waals surface area contributed by atoms with Crippen molar-refractivity contribution in [1.29, 1.82) is 0 Å². The second-order valence-electron chi connectivity index (χ2n) is 4.51. The predicted octanol–water partition coefficient (Wildman–Crippen LogP) is 1.50. The quantitative estimate of drug-likeness (QED) is 0.473. The van der Waals surface area contributed by atoms with E-state index in [9.17, 15) is 8.42 Å². The van der Waals surface area contributed by atoms with E-state index < -0.39 is 10.0 Å². The van der Waals surface area contributed by atoms with Gasteiger partial charge in [0.05, 0.1) is 23.0 Å². The summed E-state index contributed by atoms with van der Waals surface area (Å²) in [6, 6.07) is 2.81. The largest absolute Gasteiger partial charge is 0.395 e. The smallest absolute Gasteiger partial charge is 0.255 e. The van der Waals surface area contributed by atoms with Crippen molar-refractivity contribution in [3.63, 3.8) is 0 Å². The van der Waals surface area contributed by atoms with E-state index in [1.165, 1.54) is 30.1 Å². The van der Waals surface area contributed by atoms with E-state index >= 15 is 0 Å². The SMILES string of the molecule is CC(CO)Sc1nc(Nc2ccc(S(N)(=O)=O)nc2)ncc1Br. The molecule has 0 spiro atoms. The average Bonchev–Trinajstić information content (AvgIpc) is 2.50. The number of hydrogen-bond donors (Lipinski definition) is 3. The maximum absolute atomic E-state index is 11.2. The molecule has 0 aromatic carbocycles. The first kappa shape index (κ1) is 18.1. The molecule has 0 aliphatic rings. The molecule has 8 nitrogen and oxygen atoms in total. The van der Waals surface area contributed by atoms with E-state index in [0.717, 1.165) is 4.47 Å². The molecule has 2 rings (SSSR count). The lowest BCUT2D eigenvalue weighted by Gasteiger charge is -2.10. The highest BCUT2D eigenvalue weighted by Gasteiger charge is 2.12. The Morgan fingerprint density at radius 1 is 1.39 bits per heavy atom. The zero-order valence-corrected chi connectivity index (χ0v) is 15.2. The van der Waals surface area contributed by atoms with Crippen molar-refractivity contribution in [3.8, 4) is 0 Å². The molecule has 1 atom stereocenters. The normalized spacial score (nSPS) is 12.9. The standard InChI is InChI=1S/C12H14BrN5O3S2/c1-7(6-19)22-11-9(13)5-16-12(18-11)17-8-2-3-10(15-4-8)23(14,20)21/h2-5,7,19H,6H2,1H3,(H2,14,20,21)(H,16,17,18). The Hall–Kier alpha value is -1.27. The number of nitrogens with one attached hydrogen (secondary N) is 1. The van der Waals surface area contributed by atoms with Gasteiger partial charge in [-0.2, -0.15) is 0 Å². The molecule has 0 amide bonds. The van der Waals surface area contributed by atoms with Crippen LogP contribution in [0, 0.1) is 0 Å². The van der Waals surface area contributed by atoms with Crippen molar-refractivity contribution in [1.82, 2.24) is 15.0 Å². The molecule has 0 bridgehead atoms. The van der Waals surface area contributed by atoms with Crippen LogP contribution in [0.4, 0.5) is 11.6 Å². The maximum Gasteiger partial charge on any atom is 0.255 e. The number of aliphatic hydroxyl groups excluding tert-OH is 1. The number of aromatic nitrogens is 3. The lowest BCUT2D eigenvalue weighted by Crippen LogP contribution is -2.13. The Kier molecular flexibility index (Phi) is 5.92. The first-order chi connectivity index (χ1) is 10.8. The van der Waals surface area contributed by atoms with Crippen molar-refractivity contribution in [2.45, 2.75) is 22.2 Å². The highest BCUT2D eigenvalue weighted by atomic mass is 79.9.